The van der Waals surface area contributed by atoms with Gasteiger partial charge in [-0.05, 0) is 12.5 Å². The van der Waals surface area contributed by atoms with Crippen molar-refractivity contribution < 1.29 is 13.2 Å². The Morgan fingerprint density at radius 1 is 1.33 bits per heavy atom. The van der Waals surface area contributed by atoms with Crippen LogP contribution in [0.2, 0.25) is 0 Å². The highest BCUT2D eigenvalue weighted by Crippen LogP contribution is 2.23. The van der Waals surface area contributed by atoms with Crippen molar-refractivity contribution in [1.82, 2.24) is 5.43 Å². The molecule has 0 fully saturated rings. The van der Waals surface area contributed by atoms with E-state index in [1.807, 2.05) is 0 Å². The lowest BCUT2D eigenvalue weighted by atomic mass is 10.0. The summed E-state index contributed by atoms with van der Waals surface area (Å²) in [6.07, 6.45) is 1.82. The maximum atomic E-state index is 13.3. The molecule has 1 aromatic carbocycles. The molecule has 0 aliphatic carbocycles. The number of nitrogens with two attached hydrogens (primary N) is 1. The van der Waals surface area contributed by atoms with E-state index in [1.165, 1.54) is 6.08 Å². The van der Waals surface area contributed by atoms with E-state index >= 15 is 0 Å². The number of hydrazine groups is 1. The second-order valence-electron chi connectivity index (χ2n) is 3.01. The summed E-state index contributed by atoms with van der Waals surface area (Å²) in [6.45, 7) is 3.46. The van der Waals surface area contributed by atoms with Crippen LogP contribution in [0.1, 0.15) is 18.0 Å². The lowest BCUT2D eigenvalue weighted by Crippen LogP contribution is -2.28. The molecule has 82 valence electrons. The standard InChI is InChI=1S/C10H11F3N2/c1-2-3-8(15-14)6-4-5-7(11)10(13)9(6)12/h2,4-5,8,15H,1,3,14H2. The Labute approximate surface area is 85.6 Å². The van der Waals surface area contributed by atoms with Crippen molar-refractivity contribution in [2.75, 3.05) is 0 Å². The first-order valence-corrected chi connectivity index (χ1v) is 4.32. The van der Waals surface area contributed by atoms with Crippen LogP contribution >= 0.6 is 0 Å². The van der Waals surface area contributed by atoms with Crippen molar-refractivity contribution >= 4 is 0 Å². The van der Waals surface area contributed by atoms with Gasteiger partial charge < -0.3 is 0 Å². The van der Waals surface area contributed by atoms with Crippen LogP contribution in [0.3, 0.4) is 0 Å². The van der Waals surface area contributed by atoms with E-state index in [0.717, 1.165) is 12.1 Å². The van der Waals surface area contributed by atoms with E-state index < -0.39 is 23.5 Å². The number of halogens is 3. The molecule has 15 heavy (non-hydrogen) atoms. The highest BCUT2D eigenvalue weighted by Gasteiger charge is 2.18. The summed E-state index contributed by atoms with van der Waals surface area (Å²) in [5, 5.41) is 0. The number of hydrogen-bond acceptors (Lipinski definition) is 2. The molecule has 0 radical (unpaired) electrons. The van der Waals surface area contributed by atoms with Gasteiger partial charge in [-0.3, -0.25) is 11.3 Å². The maximum absolute atomic E-state index is 13.3. The molecule has 0 spiro atoms. The molecule has 0 aliphatic rings. The summed E-state index contributed by atoms with van der Waals surface area (Å²) in [6, 6.07) is 1.40. The zero-order chi connectivity index (χ0) is 11.4. The predicted molar refractivity (Wildman–Crippen MR) is 51.2 cm³/mol. The van der Waals surface area contributed by atoms with Gasteiger partial charge in [0.15, 0.2) is 17.5 Å². The fourth-order valence-electron chi connectivity index (χ4n) is 1.26. The third kappa shape index (κ3) is 2.37. The summed E-state index contributed by atoms with van der Waals surface area (Å²) < 4.78 is 38.8. The average Bonchev–Trinajstić information content (AvgIpc) is 2.24. The molecule has 0 saturated heterocycles. The van der Waals surface area contributed by atoms with Gasteiger partial charge in [-0.15, -0.1) is 6.58 Å². The van der Waals surface area contributed by atoms with Crippen LogP contribution in [-0.4, -0.2) is 0 Å². The minimum atomic E-state index is -1.49. The van der Waals surface area contributed by atoms with E-state index in [1.54, 1.807) is 0 Å². The van der Waals surface area contributed by atoms with Gasteiger partial charge in [0.25, 0.3) is 0 Å². The summed E-state index contributed by atoms with van der Waals surface area (Å²) in [5.74, 6) is 1.24. The lowest BCUT2D eigenvalue weighted by Gasteiger charge is -2.15. The summed E-state index contributed by atoms with van der Waals surface area (Å²) >= 11 is 0. The molecule has 2 nitrogen and oxygen atoms in total. The predicted octanol–water partition coefficient (Wildman–Crippen LogP) is 2.18. The van der Waals surface area contributed by atoms with Gasteiger partial charge in [0, 0.05) is 5.56 Å². The molecule has 3 N–H and O–H groups in total. The summed E-state index contributed by atoms with van der Waals surface area (Å²) in [5.41, 5.74) is 2.29. The zero-order valence-corrected chi connectivity index (χ0v) is 7.93. The summed E-state index contributed by atoms with van der Waals surface area (Å²) in [7, 11) is 0. The molecule has 1 aromatic rings. The number of benzene rings is 1. The minimum absolute atomic E-state index is 0.0173. The van der Waals surface area contributed by atoms with Crippen LogP contribution in [-0.2, 0) is 0 Å². The zero-order valence-electron chi connectivity index (χ0n) is 7.93. The van der Waals surface area contributed by atoms with Crippen LogP contribution < -0.4 is 11.3 Å². The highest BCUT2D eigenvalue weighted by molar-refractivity contribution is 5.24. The largest absolute Gasteiger partial charge is 0.271 e. The Balaban J connectivity index is 3.13. The highest BCUT2D eigenvalue weighted by atomic mass is 19.2. The molecule has 0 aromatic heterocycles. The third-order valence-electron chi connectivity index (χ3n) is 2.04. The second kappa shape index (κ2) is 4.95. The van der Waals surface area contributed by atoms with Gasteiger partial charge in [-0.25, -0.2) is 13.2 Å². The smallest absolute Gasteiger partial charge is 0.194 e. The topological polar surface area (TPSA) is 38.0 Å². The van der Waals surface area contributed by atoms with Crippen molar-refractivity contribution in [3.8, 4) is 0 Å². The van der Waals surface area contributed by atoms with Crippen LogP contribution in [0.25, 0.3) is 0 Å². The van der Waals surface area contributed by atoms with E-state index in [9.17, 15) is 13.2 Å². The van der Waals surface area contributed by atoms with E-state index in [4.69, 9.17) is 5.84 Å². The van der Waals surface area contributed by atoms with Crippen molar-refractivity contribution in [3.05, 3.63) is 47.8 Å². The SMILES string of the molecule is C=CCC(NN)c1ccc(F)c(F)c1F. The lowest BCUT2D eigenvalue weighted by molar-refractivity contribution is 0.426. The molecule has 0 amide bonds. The maximum Gasteiger partial charge on any atom is 0.194 e. The van der Waals surface area contributed by atoms with E-state index in [0.29, 0.717) is 6.42 Å². The quantitative estimate of drug-likeness (QED) is 0.350. The van der Waals surface area contributed by atoms with Crippen LogP contribution in [0.5, 0.6) is 0 Å². The molecule has 0 heterocycles. The Morgan fingerprint density at radius 2 is 2.00 bits per heavy atom. The Morgan fingerprint density at radius 3 is 2.53 bits per heavy atom. The van der Waals surface area contributed by atoms with Gasteiger partial charge in [-0.1, -0.05) is 12.1 Å². The molecule has 0 bridgehead atoms. The van der Waals surface area contributed by atoms with E-state index in [-0.39, 0.29) is 5.56 Å². The Bertz CT molecular complexity index is 366. The van der Waals surface area contributed by atoms with Crippen molar-refractivity contribution in [2.45, 2.75) is 12.5 Å². The normalized spacial score (nSPS) is 12.5. The Kier molecular flexibility index (Phi) is 3.88. The van der Waals surface area contributed by atoms with Crippen molar-refractivity contribution in [2.24, 2.45) is 5.84 Å². The second-order valence-corrected chi connectivity index (χ2v) is 3.01. The summed E-state index contributed by atoms with van der Waals surface area (Å²) in [4.78, 5) is 0. The molecule has 1 unspecified atom stereocenters. The monoisotopic (exact) mass is 216 g/mol. The molecular formula is C10H11F3N2. The molecule has 1 atom stereocenters. The first kappa shape index (κ1) is 11.7. The molecule has 5 heteroatoms. The average molecular weight is 216 g/mol. The molecule has 0 saturated carbocycles. The molecule has 0 aliphatic heterocycles. The van der Waals surface area contributed by atoms with Gasteiger partial charge in [0.1, 0.15) is 0 Å². The van der Waals surface area contributed by atoms with E-state index in [2.05, 4.69) is 12.0 Å². The fourth-order valence-corrected chi connectivity index (χ4v) is 1.26. The van der Waals surface area contributed by atoms with Crippen LogP contribution in [0.15, 0.2) is 24.8 Å². The van der Waals surface area contributed by atoms with Gasteiger partial charge in [-0.2, -0.15) is 0 Å². The van der Waals surface area contributed by atoms with Gasteiger partial charge in [0.2, 0.25) is 0 Å². The molecular weight excluding hydrogens is 205 g/mol. The van der Waals surface area contributed by atoms with Crippen LogP contribution in [0, 0.1) is 17.5 Å². The van der Waals surface area contributed by atoms with Gasteiger partial charge >= 0.3 is 0 Å². The van der Waals surface area contributed by atoms with Crippen LogP contribution in [0.4, 0.5) is 13.2 Å². The van der Waals surface area contributed by atoms with Crippen molar-refractivity contribution in [1.29, 1.82) is 0 Å². The number of rotatable bonds is 4. The first-order valence-electron chi connectivity index (χ1n) is 4.32. The van der Waals surface area contributed by atoms with Crippen molar-refractivity contribution in [3.63, 3.8) is 0 Å². The number of nitrogens with one attached hydrogen (secondary N) is 1. The third-order valence-corrected chi connectivity index (χ3v) is 2.04. The Hall–Kier alpha value is -1.33. The molecule has 1 rings (SSSR count). The first-order chi connectivity index (χ1) is 7.11. The minimum Gasteiger partial charge on any atom is -0.271 e. The fraction of sp³-hybridized carbons (Fsp3) is 0.200. The van der Waals surface area contributed by atoms with Gasteiger partial charge in [0.05, 0.1) is 6.04 Å². The number of hydrogen-bond donors (Lipinski definition) is 2.